The van der Waals surface area contributed by atoms with E-state index in [0.29, 0.717) is 5.95 Å². The van der Waals surface area contributed by atoms with Crippen molar-refractivity contribution in [2.24, 2.45) is 0 Å². The molecule has 0 amide bonds. The molecule has 1 saturated heterocycles. The number of piperidine rings is 1. The lowest BCUT2D eigenvalue weighted by atomic mass is 10.1. The molecule has 1 aliphatic rings. The van der Waals surface area contributed by atoms with Gasteiger partial charge in [0.2, 0.25) is 5.95 Å². The van der Waals surface area contributed by atoms with E-state index in [4.69, 9.17) is 9.47 Å². The molecule has 94 valence electrons. The van der Waals surface area contributed by atoms with Crippen LogP contribution in [0.5, 0.6) is 12.0 Å². The van der Waals surface area contributed by atoms with Crippen molar-refractivity contribution in [2.75, 3.05) is 32.2 Å². The fourth-order valence-electron chi connectivity index (χ4n) is 1.72. The first-order valence-corrected chi connectivity index (χ1v) is 5.50. The van der Waals surface area contributed by atoms with Crippen LogP contribution in [-0.2, 0) is 0 Å². The van der Waals surface area contributed by atoms with E-state index in [9.17, 15) is 5.11 Å². The molecule has 0 spiro atoms. The molecular weight excluding hydrogens is 224 g/mol. The summed E-state index contributed by atoms with van der Waals surface area (Å²) >= 11 is 0. The van der Waals surface area contributed by atoms with Crippen LogP contribution in [0.1, 0.15) is 12.8 Å². The number of ether oxygens (including phenoxy) is 2. The fourth-order valence-corrected chi connectivity index (χ4v) is 1.72. The lowest BCUT2D eigenvalue weighted by Gasteiger charge is -2.29. The van der Waals surface area contributed by atoms with Gasteiger partial charge in [0.15, 0.2) is 0 Å². The molecule has 1 N–H and O–H groups in total. The summed E-state index contributed by atoms with van der Waals surface area (Å²) in [5.74, 6) is 0.528. The van der Waals surface area contributed by atoms with Crippen molar-refractivity contribution in [1.29, 1.82) is 0 Å². The van der Waals surface area contributed by atoms with Gasteiger partial charge < -0.3 is 19.5 Å². The van der Waals surface area contributed by atoms with Crippen LogP contribution in [0.15, 0.2) is 0 Å². The zero-order valence-corrected chi connectivity index (χ0v) is 9.96. The quantitative estimate of drug-likeness (QED) is 0.786. The molecule has 7 heteroatoms. The molecule has 0 aliphatic carbocycles. The first kappa shape index (κ1) is 11.8. The number of anilines is 1. The van der Waals surface area contributed by atoms with E-state index >= 15 is 0 Å². The Morgan fingerprint density at radius 3 is 2.06 bits per heavy atom. The van der Waals surface area contributed by atoms with Crippen molar-refractivity contribution in [3.8, 4) is 12.0 Å². The minimum Gasteiger partial charge on any atom is -0.467 e. The predicted octanol–water partition coefficient (Wildman–Crippen LogP) is -0.150. The summed E-state index contributed by atoms with van der Waals surface area (Å²) in [6, 6.07) is 0.468. The van der Waals surface area contributed by atoms with Crippen LogP contribution in [-0.4, -0.2) is 53.5 Å². The summed E-state index contributed by atoms with van der Waals surface area (Å²) in [5, 5.41) is 9.45. The third-order valence-corrected chi connectivity index (χ3v) is 2.70. The molecule has 1 aromatic rings. The monoisotopic (exact) mass is 240 g/mol. The maximum atomic E-state index is 9.45. The van der Waals surface area contributed by atoms with Crippen LogP contribution in [0, 0.1) is 0 Å². The Kier molecular flexibility index (Phi) is 3.58. The molecule has 0 unspecified atom stereocenters. The molecular formula is C10H16N4O3. The zero-order valence-electron chi connectivity index (χ0n) is 9.96. The molecule has 0 radical (unpaired) electrons. The van der Waals surface area contributed by atoms with Gasteiger partial charge in [-0.15, -0.1) is 4.98 Å². The van der Waals surface area contributed by atoms with E-state index in [-0.39, 0.29) is 18.1 Å². The molecule has 0 aromatic carbocycles. The third kappa shape index (κ3) is 2.73. The van der Waals surface area contributed by atoms with Crippen molar-refractivity contribution in [3.05, 3.63) is 0 Å². The Hall–Kier alpha value is -1.63. The van der Waals surface area contributed by atoms with E-state index in [2.05, 4.69) is 15.0 Å². The molecule has 2 rings (SSSR count). The second-order valence-electron chi connectivity index (χ2n) is 3.83. The summed E-state index contributed by atoms with van der Waals surface area (Å²) in [6.07, 6.45) is 1.21. The molecule has 2 heterocycles. The molecule has 0 saturated carbocycles. The first-order chi connectivity index (χ1) is 8.22. The Labute approximate surface area is 99.4 Å². The van der Waals surface area contributed by atoms with Crippen molar-refractivity contribution in [3.63, 3.8) is 0 Å². The van der Waals surface area contributed by atoms with Gasteiger partial charge in [-0.05, 0) is 12.8 Å². The molecule has 1 aliphatic heterocycles. The average molecular weight is 240 g/mol. The van der Waals surface area contributed by atoms with E-state index in [1.165, 1.54) is 14.2 Å². The van der Waals surface area contributed by atoms with E-state index in [1.54, 1.807) is 0 Å². The van der Waals surface area contributed by atoms with Gasteiger partial charge in [0, 0.05) is 13.1 Å². The summed E-state index contributed by atoms with van der Waals surface area (Å²) < 4.78 is 9.98. The number of hydrogen-bond donors (Lipinski definition) is 1. The van der Waals surface area contributed by atoms with Gasteiger partial charge in [0.05, 0.1) is 20.3 Å². The topological polar surface area (TPSA) is 80.6 Å². The predicted molar refractivity (Wildman–Crippen MR) is 60.4 cm³/mol. The van der Waals surface area contributed by atoms with E-state index in [1.807, 2.05) is 4.90 Å². The average Bonchev–Trinajstić information content (AvgIpc) is 2.39. The van der Waals surface area contributed by atoms with Crippen molar-refractivity contribution in [2.45, 2.75) is 18.9 Å². The number of nitrogens with zero attached hydrogens (tertiary/aromatic N) is 4. The van der Waals surface area contributed by atoms with Crippen molar-refractivity contribution in [1.82, 2.24) is 15.0 Å². The van der Waals surface area contributed by atoms with Crippen LogP contribution in [0.4, 0.5) is 5.95 Å². The lowest BCUT2D eigenvalue weighted by molar-refractivity contribution is 0.145. The normalized spacial score (nSPS) is 17.0. The highest BCUT2D eigenvalue weighted by atomic mass is 16.5. The minimum atomic E-state index is -0.225. The van der Waals surface area contributed by atoms with Gasteiger partial charge in [-0.25, -0.2) is 0 Å². The van der Waals surface area contributed by atoms with Crippen molar-refractivity contribution < 1.29 is 14.6 Å². The van der Waals surface area contributed by atoms with Crippen LogP contribution in [0.2, 0.25) is 0 Å². The van der Waals surface area contributed by atoms with Crippen LogP contribution >= 0.6 is 0 Å². The summed E-state index contributed by atoms with van der Waals surface area (Å²) in [7, 11) is 3.00. The SMILES string of the molecule is COc1nc(OC)nc(N2CCC(O)CC2)n1. The van der Waals surface area contributed by atoms with Gasteiger partial charge in [0.1, 0.15) is 0 Å². The molecule has 1 fully saturated rings. The van der Waals surface area contributed by atoms with Gasteiger partial charge in [-0.2, -0.15) is 9.97 Å². The van der Waals surface area contributed by atoms with Crippen LogP contribution in [0.3, 0.4) is 0 Å². The third-order valence-electron chi connectivity index (χ3n) is 2.70. The molecule has 1 aromatic heterocycles. The maximum absolute atomic E-state index is 9.45. The first-order valence-electron chi connectivity index (χ1n) is 5.50. The summed E-state index contributed by atoms with van der Waals surface area (Å²) in [5.41, 5.74) is 0. The van der Waals surface area contributed by atoms with Crippen molar-refractivity contribution >= 4 is 5.95 Å². The lowest BCUT2D eigenvalue weighted by Crippen LogP contribution is -2.37. The number of aliphatic hydroxyl groups is 1. The van der Waals surface area contributed by atoms with E-state index in [0.717, 1.165) is 25.9 Å². The highest BCUT2D eigenvalue weighted by molar-refractivity contribution is 5.32. The highest BCUT2D eigenvalue weighted by Crippen LogP contribution is 2.19. The molecule has 7 nitrogen and oxygen atoms in total. The van der Waals surface area contributed by atoms with Crippen LogP contribution < -0.4 is 14.4 Å². The second kappa shape index (κ2) is 5.13. The number of rotatable bonds is 3. The maximum Gasteiger partial charge on any atom is 0.324 e. The number of aromatic nitrogens is 3. The Morgan fingerprint density at radius 1 is 1.06 bits per heavy atom. The molecule has 0 atom stereocenters. The van der Waals surface area contributed by atoms with Gasteiger partial charge >= 0.3 is 12.0 Å². The highest BCUT2D eigenvalue weighted by Gasteiger charge is 2.20. The van der Waals surface area contributed by atoms with Gasteiger partial charge in [-0.1, -0.05) is 0 Å². The van der Waals surface area contributed by atoms with Gasteiger partial charge in [0.25, 0.3) is 0 Å². The molecule has 17 heavy (non-hydrogen) atoms. The van der Waals surface area contributed by atoms with E-state index < -0.39 is 0 Å². The second-order valence-corrected chi connectivity index (χ2v) is 3.83. The Bertz CT molecular complexity index is 358. The molecule has 0 bridgehead atoms. The minimum absolute atomic E-state index is 0.225. The number of hydrogen-bond acceptors (Lipinski definition) is 7. The fraction of sp³-hybridized carbons (Fsp3) is 0.700. The Balaban J connectivity index is 2.19. The standard InChI is InChI=1S/C10H16N4O3/c1-16-9-11-8(12-10(13-9)17-2)14-5-3-7(15)4-6-14/h7,15H,3-6H2,1-2H3. The zero-order chi connectivity index (χ0) is 12.3. The number of methoxy groups -OCH3 is 2. The number of aliphatic hydroxyl groups excluding tert-OH is 1. The summed E-state index contributed by atoms with van der Waals surface area (Å²) in [6.45, 7) is 1.44. The largest absolute Gasteiger partial charge is 0.467 e. The van der Waals surface area contributed by atoms with Gasteiger partial charge in [-0.3, -0.25) is 0 Å². The van der Waals surface area contributed by atoms with Crippen LogP contribution in [0.25, 0.3) is 0 Å². The smallest absolute Gasteiger partial charge is 0.324 e. The Morgan fingerprint density at radius 2 is 1.59 bits per heavy atom. The summed E-state index contributed by atoms with van der Waals surface area (Å²) in [4.78, 5) is 14.3.